The number of hydrogen-bond donors (Lipinski definition) is 0. The number of nitriles is 1. The lowest BCUT2D eigenvalue weighted by molar-refractivity contribution is -0.129. The van der Waals surface area contributed by atoms with Crippen LogP contribution in [-0.4, -0.2) is 22.6 Å². The van der Waals surface area contributed by atoms with E-state index in [-0.39, 0.29) is 5.89 Å². The van der Waals surface area contributed by atoms with Gasteiger partial charge in [-0.1, -0.05) is 47.6 Å². The SMILES string of the molecule is N#CC(C(=O)C1CC(c2ccccc2)=NO1)c1nc2ccccc2o1. The molecule has 1 aliphatic rings. The first-order chi connectivity index (χ1) is 12.3. The van der Waals surface area contributed by atoms with Gasteiger partial charge in [-0.25, -0.2) is 4.98 Å². The van der Waals surface area contributed by atoms with E-state index in [9.17, 15) is 10.1 Å². The summed E-state index contributed by atoms with van der Waals surface area (Å²) in [7, 11) is 0. The van der Waals surface area contributed by atoms with Gasteiger partial charge in [0.05, 0.1) is 11.8 Å². The van der Waals surface area contributed by atoms with E-state index in [0.717, 1.165) is 5.56 Å². The van der Waals surface area contributed by atoms with Crippen molar-refractivity contribution in [2.24, 2.45) is 5.16 Å². The Morgan fingerprint density at radius 3 is 2.68 bits per heavy atom. The zero-order valence-electron chi connectivity index (χ0n) is 13.1. The number of carbonyl (C=O) groups excluding carboxylic acids is 1. The maximum atomic E-state index is 12.7. The highest BCUT2D eigenvalue weighted by molar-refractivity contribution is 6.05. The topological polar surface area (TPSA) is 88.5 Å². The van der Waals surface area contributed by atoms with Crippen LogP contribution in [0.4, 0.5) is 0 Å². The van der Waals surface area contributed by atoms with Gasteiger partial charge in [0.15, 0.2) is 17.6 Å². The number of Topliss-reactive ketones (excluding diaryl/α,β-unsaturated/α-hetero) is 1. The molecule has 4 rings (SSSR count). The van der Waals surface area contributed by atoms with Gasteiger partial charge in [0.1, 0.15) is 5.52 Å². The molecule has 122 valence electrons. The molecular weight excluding hydrogens is 318 g/mol. The first-order valence-corrected chi connectivity index (χ1v) is 7.83. The Morgan fingerprint density at radius 1 is 1.16 bits per heavy atom. The molecule has 0 bridgehead atoms. The summed E-state index contributed by atoms with van der Waals surface area (Å²) < 4.78 is 5.57. The zero-order valence-corrected chi connectivity index (χ0v) is 13.1. The monoisotopic (exact) mass is 331 g/mol. The van der Waals surface area contributed by atoms with E-state index in [4.69, 9.17) is 9.25 Å². The number of nitrogens with zero attached hydrogens (tertiary/aromatic N) is 3. The average Bonchev–Trinajstić information content (AvgIpc) is 3.30. The van der Waals surface area contributed by atoms with Crippen molar-refractivity contribution < 1.29 is 14.0 Å². The molecule has 0 fully saturated rings. The fourth-order valence-corrected chi connectivity index (χ4v) is 2.77. The summed E-state index contributed by atoms with van der Waals surface area (Å²) in [4.78, 5) is 22.2. The Balaban J connectivity index is 1.55. The second-order valence-corrected chi connectivity index (χ2v) is 5.69. The van der Waals surface area contributed by atoms with Crippen LogP contribution >= 0.6 is 0 Å². The van der Waals surface area contributed by atoms with Crippen molar-refractivity contribution in [3.05, 3.63) is 66.1 Å². The summed E-state index contributed by atoms with van der Waals surface area (Å²) in [6.45, 7) is 0. The number of rotatable bonds is 4. The Bertz CT molecular complexity index is 968. The molecule has 2 unspecified atom stereocenters. The van der Waals surface area contributed by atoms with Crippen molar-refractivity contribution in [2.45, 2.75) is 18.4 Å². The zero-order chi connectivity index (χ0) is 17.2. The average molecular weight is 331 g/mol. The molecule has 0 saturated heterocycles. The number of benzene rings is 2. The first kappa shape index (κ1) is 15.1. The molecule has 0 spiro atoms. The first-order valence-electron chi connectivity index (χ1n) is 7.83. The smallest absolute Gasteiger partial charge is 0.220 e. The summed E-state index contributed by atoms with van der Waals surface area (Å²) in [6.07, 6.45) is -0.490. The quantitative estimate of drug-likeness (QED) is 0.732. The summed E-state index contributed by atoms with van der Waals surface area (Å²) in [5, 5.41) is 13.5. The van der Waals surface area contributed by atoms with Gasteiger partial charge in [0.2, 0.25) is 11.7 Å². The van der Waals surface area contributed by atoms with Gasteiger partial charge < -0.3 is 9.25 Å². The third-order valence-electron chi connectivity index (χ3n) is 4.06. The molecule has 3 aromatic rings. The van der Waals surface area contributed by atoms with Crippen LogP contribution in [0.1, 0.15) is 23.8 Å². The highest BCUT2D eigenvalue weighted by Gasteiger charge is 2.37. The third kappa shape index (κ3) is 2.76. The van der Waals surface area contributed by atoms with Gasteiger partial charge in [-0.15, -0.1) is 0 Å². The molecular formula is C19H13N3O3. The molecule has 1 aliphatic heterocycles. The van der Waals surface area contributed by atoms with Crippen LogP contribution in [0, 0.1) is 11.3 Å². The Morgan fingerprint density at radius 2 is 1.92 bits per heavy atom. The van der Waals surface area contributed by atoms with Gasteiger partial charge in [0, 0.05) is 6.42 Å². The Labute approximate surface area is 143 Å². The number of aromatic nitrogens is 1. The molecule has 0 N–H and O–H groups in total. The predicted molar refractivity (Wildman–Crippen MR) is 89.8 cm³/mol. The molecule has 0 amide bonds. The largest absolute Gasteiger partial charge is 0.439 e. The molecule has 2 heterocycles. The molecule has 6 heteroatoms. The summed E-state index contributed by atoms with van der Waals surface area (Å²) in [6, 6.07) is 18.6. The second-order valence-electron chi connectivity index (χ2n) is 5.69. The molecule has 1 aromatic heterocycles. The van der Waals surface area contributed by atoms with E-state index in [2.05, 4.69) is 10.1 Å². The van der Waals surface area contributed by atoms with Gasteiger partial charge in [-0.2, -0.15) is 5.26 Å². The fraction of sp³-hybridized carbons (Fsp3) is 0.158. The van der Waals surface area contributed by atoms with Crippen LogP contribution in [0.25, 0.3) is 11.1 Å². The van der Waals surface area contributed by atoms with Crippen LogP contribution in [0.15, 0.2) is 64.2 Å². The molecule has 6 nitrogen and oxygen atoms in total. The van der Waals surface area contributed by atoms with Crippen LogP contribution in [0.3, 0.4) is 0 Å². The second kappa shape index (κ2) is 6.21. The summed E-state index contributed by atoms with van der Waals surface area (Å²) in [5.74, 6) is -1.43. The van der Waals surface area contributed by atoms with Crippen molar-refractivity contribution >= 4 is 22.6 Å². The maximum Gasteiger partial charge on any atom is 0.220 e. The van der Waals surface area contributed by atoms with E-state index in [0.29, 0.717) is 23.2 Å². The van der Waals surface area contributed by atoms with Crippen molar-refractivity contribution in [3.8, 4) is 6.07 Å². The van der Waals surface area contributed by atoms with Gasteiger partial charge >= 0.3 is 0 Å². The lowest BCUT2D eigenvalue weighted by Crippen LogP contribution is -2.26. The normalized spacial score (nSPS) is 17.6. The molecule has 25 heavy (non-hydrogen) atoms. The number of oxime groups is 1. The molecule has 0 radical (unpaired) electrons. The number of oxazole rings is 1. The van der Waals surface area contributed by atoms with E-state index in [1.54, 1.807) is 18.2 Å². The van der Waals surface area contributed by atoms with E-state index in [1.165, 1.54) is 0 Å². The van der Waals surface area contributed by atoms with Crippen LogP contribution in [0.2, 0.25) is 0 Å². The number of hydrogen-bond acceptors (Lipinski definition) is 6. The van der Waals surface area contributed by atoms with Crippen molar-refractivity contribution in [3.63, 3.8) is 0 Å². The molecule has 0 saturated carbocycles. The lowest BCUT2D eigenvalue weighted by atomic mass is 9.96. The Hall–Kier alpha value is -3.46. The van der Waals surface area contributed by atoms with Crippen LogP contribution in [0.5, 0.6) is 0 Å². The standard InChI is InChI=1S/C19H13N3O3/c20-11-13(19-21-14-8-4-5-9-16(14)24-19)18(23)17-10-15(22-25-17)12-6-2-1-3-7-12/h1-9,13,17H,10H2. The number of fused-ring (bicyclic) bond motifs is 1. The summed E-state index contributed by atoms with van der Waals surface area (Å²) in [5.41, 5.74) is 2.74. The maximum absolute atomic E-state index is 12.7. The summed E-state index contributed by atoms with van der Waals surface area (Å²) >= 11 is 0. The number of ketones is 1. The van der Waals surface area contributed by atoms with Gasteiger partial charge in [-0.3, -0.25) is 4.79 Å². The minimum Gasteiger partial charge on any atom is -0.439 e. The van der Waals surface area contributed by atoms with E-state index >= 15 is 0 Å². The highest BCUT2D eigenvalue weighted by atomic mass is 16.6. The predicted octanol–water partition coefficient (Wildman–Crippen LogP) is 3.20. The minimum atomic E-state index is -1.12. The number of carbonyl (C=O) groups is 1. The van der Waals surface area contributed by atoms with Crippen molar-refractivity contribution in [2.75, 3.05) is 0 Å². The fourth-order valence-electron chi connectivity index (χ4n) is 2.77. The Kier molecular flexibility index (Phi) is 3.75. The molecule has 2 aromatic carbocycles. The highest BCUT2D eigenvalue weighted by Crippen LogP contribution is 2.26. The van der Waals surface area contributed by atoms with Crippen LogP contribution in [-0.2, 0) is 9.63 Å². The van der Waals surface area contributed by atoms with Gasteiger partial charge in [0.25, 0.3) is 0 Å². The van der Waals surface area contributed by atoms with Crippen LogP contribution < -0.4 is 0 Å². The van der Waals surface area contributed by atoms with Gasteiger partial charge in [-0.05, 0) is 17.7 Å². The lowest BCUT2D eigenvalue weighted by Gasteiger charge is -2.09. The van der Waals surface area contributed by atoms with Crippen molar-refractivity contribution in [1.82, 2.24) is 4.98 Å². The molecule has 0 aliphatic carbocycles. The molecule has 2 atom stereocenters. The van der Waals surface area contributed by atoms with E-state index in [1.807, 2.05) is 42.5 Å². The van der Waals surface area contributed by atoms with Crippen molar-refractivity contribution in [1.29, 1.82) is 5.26 Å². The number of para-hydroxylation sites is 2. The van der Waals surface area contributed by atoms with E-state index < -0.39 is 17.8 Å². The third-order valence-corrected chi connectivity index (χ3v) is 4.06. The minimum absolute atomic E-state index is 0.0884.